The minimum Gasteiger partial charge on any atom is -0.258 e. The summed E-state index contributed by atoms with van der Waals surface area (Å²) in [5, 5.41) is 11.0. The second-order valence-corrected chi connectivity index (χ2v) is 5.33. The van der Waals surface area contributed by atoms with Crippen molar-refractivity contribution in [3.63, 3.8) is 0 Å². The fourth-order valence-corrected chi connectivity index (χ4v) is 2.34. The maximum Gasteiger partial charge on any atom is 0.393 e. The Morgan fingerprint density at radius 1 is 1.14 bits per heavy atom. The number of nitrogens with zero attached hydrogens (tertiary/aromatic N) is 1. The number of rotatable bonds is 3. The van der Waals surface area contributed by atoms with Crippen LogP contribution in [0.3, 0.4) is 0 Å². The molecule has 0 spiro atoms. The average Bonchev–Trinajstić information content (AvgIpc) is 2.36. The van der Waals surface area contributed by atoms with Crippen molar-refractivity contribution in [3.8, 4) is 11.1 Å². The summed E-state index contributed by atoms with van der Waals surface area (Å²) in [6.07, 6.45) is -5.38. The standard InChI is InChI=1S/C14H9BrF3NO2/c15-11-4-5-13(19(20)21)12(7-11)10-3-1-2-9(6-10)8-14(16,17)18/h1-7H,8H2. The first kappa shape index (κ1) is 15.5. The molecular formula is C14H9BrF3NO2. The lowest BCUT2D eigenvalue weighted by atomic mass is 10.0. The van der Waals surface area contributed by atoms with Gasteiger partial charge in [0.25, 0.3) is 5.69 Å². The normalized spacial score (nSPS) is 11.4. The Morgan fingerprint density at radius 3 is 2.48 bits per heavy atom. The van der Waals surface area contributed by atoms with Gasteiger partial charge in [0.2, 0.25) is 0 Å². The third-order valence-corrected chi connectivity index (χ3v) is 3.29. The van der Waals surface area contributed by atoms with Crippen LogP contribution in [0.1, 0.15) is 5.56 Å². The van der Waals surface area contributed by atoms with Crippen LogP contribution in [0, 0.1) is 10.1 Å². The molecule has 0 bridgehead atoms. The van der Waals surface area contributed by atoms with Gasteiger partial charge in [0, 0.05) is 10.5 Å². The molecule has 0 atom stereocenters. The van der Waals surface area contributed by atoms with Gasteiger partial charge < -0.3 is 0 Å². The summed E-state index contributed by atoms with van der Waals surface area (Å²) in [5.74, 6) is 0. The largest absolute Gasteiger partial charge is 0.393 e. The highest BCUT2D eigenvalue weighted by molar-refractivity contribution is 9.10. The second kappa shape index (κ2) is 5.85. The number of nitro benzene ring substituents is 1. The van der Waals surface area contributed by atoms with Crippen molar-refractivity contribution in [2.75, 3.05) is 0 Å². The Hall–Kier alpha value is -1.89. The second-order valence-electron chi connectivity index (χ2n) is 4.41. The molecule has 2 aromatic rings. The van der Waals surface area contributed by atoms with Gasteiger partial charge in [-0.3, -0.25) is 10.1 Å². The van der Waals surface area contributed by atoms with E-state index >= 15 is 0 Å². The molecule has 0 saturated carbocycles. The first-order chi connectivity index (χ1) is 9.76. The van der Waals surface area contributed by atoms with E-state index < -0.39 is 17.5 Å². The highest BCUT2D eigenvalue weighted by Crippen LogP contribution is 2.33. The number of hydrogen-bond donors (Lipinski definition) is 0. The molecule has 0 unspecified atom stereocenters. The molecule has 0 fully saturated rings. The molecule has 0 aliphatic rings. The van der Waals surface area contributed by atoms with Gasteiger partial charge in [-0.05, 0) is 23.3 Å². The average molecular weight is 360 g/mol. The third-order valence-electron chi connectivity index (χ3n) is 2.80. The molecule has 110 valence electrons. The molecule has 7 heteroatoms. The molecule has 21 heavy (non-hydrogen) atoms. The van der Waals surface area contributed by atoms with E-state index in [1.807, 2.05) is 0 Å². The summed E-state index contributed by atoms with van der Waals surface area (Å²) >= 11 is 3.21. The Labute approximate surface area is 126 Å². The Morgan fingerprint density at radius 2 is 1.86 bits per heavy atom. The van der Waals surface area contributed by atoms with E-state index in [2.05, 4.69) is 15.9 Å². The Balaban J connectivity index is 2.50. The summed E-state index contributed by atoms with van der Waals surface area (Å²) in [7, 11) is 0. The zero-order valence-corrected chi connectivity index (χ0v) is 12.1. The van der Waals surface area contributed by atoms with Gasteiger partial charge in [0.15, 0.2) is 0 Å². The number of nitro groups is 1. The van der Waals surface area contributed by atoms with Crippen molar-refractivity contribution in [1.82, 2.24) is 0 Å². The molecule has 0 radical (unpaired) electrons. The Kier molecular flexibility index (Phi) is 4.32. The van der Waals surface area contributed by atoms with E-state index in [0.29, 0.717) is 10.0 Å². The minimum atomic E-state index is -4.32. The molecule has 0 aliphatic carbocycles. The highest BCUT2D eigenvalue weighted by Gasteiger charge is 2.27. The summed E-state index contributed by atoms with van der Waals surface area (Å²) in [5.41, 5.74) is 0.569. The lowest BCUT2D eigenvalue weighted by Crippen LogP contribution is -2.11. The lowest BCUT2D eigenvalue weighted by molar-refractivity contribution is -0.384. The van der Waals surface area contributed by atoms with E-state index in [9.17, 15) is 23.3 Å². The number of hydrogen-bond acceptors (Lipinski definition) is 2. The van der Waals surface area contributed by atoms with Crippen molar-refractivity contribution in [3.05, 3.63) is 62.6 Å². The predicted molar refractivity (Wildman–Crippen MR) is 76.0 cm³/mol. The SMILES string of the molecule is O=[N+]([O-])c1ccc(Br)cc1-c1cccc(CC(F)(F)F)c1. The lowest BCUT2D eigenvalue weighted by Gasteiger charge is -2.09. The van der Waals surface area contributed by atoms with Crippen LogP contribution >= 0.6 is 15.9 Å². The molecule has 0 heterocycles. The van der Waals surface area contributed by atoms with Crippen LogP contribution in [0.25, 0.3) is 11.1 Å². The van der Waals surface area contributed by atoms with E-state index in [-0.39, 0.29) is 16.8 Å². The van der Waals surface area contributed by atoms with Gasteiger partial charge in [-0.15, -0.1) is 0 Å². The van der Waals surface area contributed by atoms with E-state index in [1.54, 1.807) is 6.07 Å². The van der Waals surface area contributed by atoms with Gasteiger partial charge in [0.05, 0.1) is 16.9 Å². The molecule has 0 N–H and O–H groups in total. The smallest absolute Gasteiger partial charge is 0.258 e. The van der Waals surface area contributed by atoms with Crippen LogP contribution in [-0.4, -0.2) is 11.1 Å². The zero-order valence-electron chi connectivity index (χ0n) is 10.5. The number of alkyl halides is 3. The van der Waals surface area contributed by atoms with Crippen molar-refractivity contribution in [1.29, 1.82) is 0 Å². The molecule has 2 aromatic carbocycles. The van der Waals surface area contributed by atoms with Crippen molar-refractivity contribution >= 4 is 21.6 Å². The van der Waals surface area contributed by atoms with Crippen LogP contribution < -0.4 is 0 Å². The first-order valence-electron chi connectivity index (χ1n) is 5.86. The van der Waals surface area contributed by atoms with Crippen molar-refractivity contribution in [2.24, 2.45) is 0 Å². The van der Waals surface area contributed by atoms with Gasteiger partial charge in [-0.1, -0.05) is 40.2 Å². The number of benzene rings is 2. The van der Waals surface area contributed by atoms with Crippen LogP contribution in [-0.2, 0) is 6.42 Å². The fourth-order valence-electron chi connectivity index (χ4n) is 1.98. The van der Waals surface area contributed by atoms with Crippen LogP contribution in [0.2, 0.25) is 0 Å². The quantitative estimate of drug-likeness (QED) is 0.563. The number of halogens is 4. The van der Waals surface area contributed by atoms with Crippen molar-refractivity contribution in [2.45, 2.75) is 12.6 Å². The maximum atomic E-state index is 12.4. The summed E-state index contributed by atoms with van der Waals surface area (Å²) in [6, 6.07) is 10.0. The summed E-state index contributed by atoms with van der Waals surface area (Å²) < 4.78 is 37.9. The van der Waals surface area contributed by atoms with Gasteiger partial charge in [0.1, 0.15) is 0 Å². The molecular weight excluding hydrogens is 351 g/mol. The first-order valence-corrected chi connectivity index (χ1v) is 6.65. The molecule has 3 nitrogen and oxygen atoms in total. The molecule has 0 aromatic heterocycles. The van der Waals surface area contributed by atoms with Gasteiger partial charge >= 0.3 is 6.18 Å². The van der Waals surface area contributed by atoms with Crippen LogP contribution in [0.4, 0.5) is 18.9 Å². The van der Waals surface area contributed by atoms with E-state index in [4.69, 9.17) is 0 Å². The fraction of sp³-hybridized carbons (Fsp3) is 0.143. The molecule has 2 rings (SSSR count). The monoisotopic (exact) mass is 359 g/mol. The zero-order chi connectivity index (χ0) is 15.6. The topological polar surface area (TPSA) is 43.1 Å². The van der Waals surface area contributed by atoms with E-state index in [1.165, 1.54) is 36.4 Å². The Bertz CT molecular complexity index is 686. The van der Waals surface area contributed by atoms with Crippen molar-refractivity contribution < 1.29 is 18.1 Å². The van der Waals surface area contributed by atoms with Crippen LogP contribution in [0.5, 0.6) is 0 Å². The van der Waals surface area contributed by atoms with Gasteiger partial charge in [-0.2, -0.15) is 13.2 Å². The summed E-state index contributed by atoms with van der Waals surface area (Å²) in [6.45, 7) is 0. The molecule has 0 aliphatic heterocycles. The molecule has 0 amide bonds. The van der Waals surface area contributed by atoms with E-state index in [0.717, 1.165) is 0 Å². The minimum absolute atomic E-state index is 0.0641. The van der Waals surface area contributed by atoms with Crippen LogP contribution in [0.15, 0.2) is 46.9 Å². The predicted octanol–water partition coefficient (Wildman–Crippen LogP) is 5.13. The highest BCUT2D eigenvalue weighted by atomic mass is 79.9. The summed E-state index contributed by atoms with van der Waals surface area (Å²) in [4.78, 5) is 10.5. The third kappa shape index (κ3) is 4.04. The van der Waals surface area contributed by atoms with Gasteiger partial charge in [-0.25, -0.2) is 0 Å². The maximum absolute atomic E-state index is 12.4. The molecule has 0 saturated heterocycles.